The first kappa shape index (κ1) is 19.3. The second kappa shape index (κ2) is 18.3. The Labute approximate surface area is 109 Å². The first-order chi connectivity index (χ1) is 8.18. The summed E-state index contributed by atoms with van der Waals surface area (Å²) in [5, 5.41) is 11.8. The van der Waals surface area contributed by atoms with Crippen LogP contribution in [-0.2, 0) is 0 Å². The van der Waals surface area contributed by atoms with Crippen molar-refractivity contribution in [2.45, 2.75) is 85.2 Å². The normalized spacial score (nSPS) is 16.1. The minimum absolute atomic E-state index is 0.207. The fraction of sp³-hybridized carbons (Fsp3) is 1.00. The van der Waals surface area contributed by atoms with E-state index >= 15 is 0 Å². The van der Waals surface area contributed by atoms with Gasteiger partial charge in [0.15, 0.2) is 0 Å². The van der Waals surface area contributed by atoms with Crippen molar-refractivity contribution in [3.8, 4) is 0 Å². The Hall–Kier alpha value is -0.0800. The summed E-state index contributed by atoms with van der Waals surface area (Å²) in [6.07, 6.45) is 11.2. The van der Waals surface area contributed by atoms with Crippen LogP contribution in [0.2, 0.25) is 0 Å². The molecule has 0 bridgehead atoms. The maximum absolute atomic E-state index is 8.72. The maximum Gasteiger partial charge on any atom is 0.0636 e. The Morgan fingerprint density at radius 2 is 1.29 bits per heavy atom. The summed E-state index contributed by atoms with van der Waals surface area (Å²) in [5.74, 6) is 0. The van der Waals surface area contributed by atoms with E-state index in [0.717, 1.165) is 13.0 Å². The van der Waals surface area contributed by atoms with Gasteiger partial charge in [-0.15, -0.1) is 0 Å². The molecule has 1 unspecified atom stereocenters. The van der Waals surface area contributed by atoms with E-state index in [4.69, 9.17) is 5.11 Å². The lowest BCUT2D eigenvalue weighted by Gasteiger charge is -2.05. The van der Waals surface area contributed by atoms with E-state index < -0.39 is 0 Å². The van der Waals surface area contributed by atoms with Gasteiger partial charge in [0.1, 0.15) is 0 Å². The van der Waals surface area contributed by atoms with Crippen molar-refractivity contribution < 1.29 is 5.11 Å². The third-order valence-electron chi connectivity index (χ3n) is 2.37. The topological polar surface area (TPSA) is 32.3 Å². The minimum Gasteiger partial charge on any atom is -0.392 e. The van der Waals surface area contributed by atoms with Gasteiger partial charge in [-0.25, -0.2) is 0 Å². The van der Waals surface area contributed by atoms with Crippen LogP contribution in [0.4, 0.5) is 0 Å². The summed E-state index contributed by atoms with van der Waals surface area (Å²) in [4.78, 5) is 0. The van der Waals surface area contributed by atoms with Gasteiger partial charge < -0.3 is 10.4 Å². The van der Waals surface area contributed by atoms with Crippen LogP contribution >= 0.6 is 0 Å². The highest BCUT2D eigenvalue weighted by atomic mass is 16.3. The number of hydrogen-bond acceptors (Lipinski definition) is 2. The van der Waals surface area contributed by atoms with Crippen LogP contribution < -0.4 is 5.32 Å². The zero-order valence-electron chi connectivity index (χ0n) is 12.6. The van der Waals surface area contributed by atoms with Gasteiger partial charge in [-0.05, 0) is 19.9 Å². The largest absolute Gasteiger partial charge is 0.392 e. The lowest BCUT2D eigenvalue weighted by atomic mass is 10.0. The van der Waals surface area contributed by atoms with E-state index in [0.29, 0.717) is 6.54 Å². The van der Waals surface area contributed by atoms with Gasteiger partial charge in [-0.1, -0.05) is 65.7 Å². The van der Waals surface area contributed by atoms with Gasteiger partial charge in [0.2, 0.25) is 0 Å². The highest BCUT2D eigenvalue weighted by Gasteiger charge is 1.95. The van der Waals surface area contributed by atoms with Crippen LogP contribution in [-0.4, -0.2) is 24.3 Å². The molecule has 1 aliphatic carbocycles. The highest BCUT2D eigenvalue weighted by molar-refractivity contribution is 4.51. The molecular weight excluding hydrogens is 210 g/mol. The predicted octanol–water partition coefficient (Wildman–Crippen LogP) is 4.12. The Morgan fingerprint density at radius 3 is 1.53 bits per heavy atom. The quantitative estimate of drug-likeness (QED) is 0.730. The maximum atomic E-state index is 8.72. The zero-order valence-corrected chi connectivity index (χ0v) is 12.6. The van der Waals surface area contributed by atoms with E-state index in [-0.39, 0.29) is 6.10 Å². The summed E-state index contributed by atoms with van der Waals surface area (Å²) in [6.45, 7) is 9.86. The second-order valence-electron chi connectivity index (χ2n) is 4.88. The predicted molar refractivity (Wildman–Crippen MR) is 78.5 cm³/mol. The second-order valence-corrected chi connectivity index (χ2v) is 4.88. The Kier molecular flexibility index (Phi) is 20.7. The fourth-order valence-electron chi connectivity index (χ4n) is 1.55. The minimum atomic E-state index is -0.207. The molecule has 0 aromatic carbocycles. The van der Waals surface area contributed by atoms with Crippen molar-refractivity contribution in [1.82, 2.24) is 5.32 Å². The van der Waals surface area contributed by atoms with Gasteiger partial charge in [-0.3, -0.25) is 0 Å². The average Bonchev–Trinajstić information content (AvgIpc) is 2.33. The van der Waals surface area contributed by atoms with E-state index in [1.807, 2.05) is 0 Å². The number of rotatable bonds is 4. The van der Waals surface area contributed by atoms with Gasteiger partial charge >= 0.3 is 0 Å². The van der Waals surface area contributed by atoms with E-state index in [2.05, 4.69) is 26.1 Å². The van der Waals surface area contributed by atoms with Gasteiger partial charge in [0, 0.05) is 6.54 Å². The average molecular weight is 245 g/mol. The van der Waals surface area contributed by atoms with E-state index in [1.165, 1.54) is 44.9 Å². The molecule has 0 aromatic rings. The smallest absolute Gasteiger partial charge is 0.0636 e. The molecule has 1 atom stereocenters. The molecular formula is C15H35NO. The standard InChI is InChI=1S/C6H15NO.C6H12.C3H8/c1-3-4-7-5-6(2)8;1-2-4-6-5-3-1;1-3-2/h6-8H,3-5H2,1-2H3;1-6H2;3H2,1-2H3. The number of nitrogens with one attached hydrogen (secondary N) is 1. The summed E-state index contributed by atoms with van der Waals surface area (Å²) in [7, 11) is 0. The van der Waals surface area contributed by atoms with Gasteiger partial charge in [0.25, 0.3) is 0 Å². The van der Waals surface area contributed by atoms with Crippen LogP contribution in [0.15, 0.2) is 0 Å². The Bertz CT molecular complexity index is 100.0. The number of hydrogen-bond donors (Lipinski definition) is 2. The highest BCUT2D eigenvalue weighted by Crippen LogP contribution is 2.15. The lowest BCUT2D eigenvalue weighted by Crippen LogP contribution is -2.24. The number of aliphatic hydroxyl groups excluding tert-OH is 1. The van der Waals surface area contributed by atoms with Gasteiger partial charge in [0.05, 0.1) is 6.10 Å². The molecule has 2 N–H and O–H groups in total. The molecule has 0 aromatic heterocycles. The zero-order chi connectivity index (χ0) is 13.4. The molecule has 1 saturated carbocycles. The van der Waals surface area contributed by atoms with Gasteiger partial charge in [-0.2, -0.15) is 0 Å². The summed E-state index contributed by atoms with van der Waals surface area (Å²) >= 11 is 0. The van der Waals surface area contributed by atoms with Crippen molar-refractivity contribution in [2.24, 2.45) is 0 Å². The lowest BCUT2D eigenvalue weighted by molar-refractivity contribution is 0.191. The Balaban J connectivity index is 0. The first-order valence-electron chi connectivity index (χ1n) is 7.57. The number of aliphatic hydroxyl groups is 1. The van der Waals surface area contributed by atoms with Crippen LogP contribution in [0.3, 0.4) is 0 Å². The molecule has 1 fully saturated rings. The fourth-order valence-corrected chi connectivity index (χ4v) is 1.55. The SMILES string of the molecule is C1CCCCC1.CCC.CCCNCC(C)O. The summed E-state index contributed by atoms with van der Waals surface area (Å²) < 4.78 is 0. The molecule has 2 heteroatoms. The van der Waals surface area contributed by atoms with Crippen molar-refractivity contribution in [3.63, 3.8) is 0 Å². The van der Waals surface area contributed by atoms with Crippen LogP contribution in [0.1, 0.15) is 79.1 Å². The van der Waals surface area contributed by atoms with Crippen LogP contribution in [0, 0.1) is 0 Å². The van der Waals surface area contributed by atoms with Crippen LogP contribution in [0.25, 0.3) is 0 Å². The molecule has 0 heterocycles. The van der Waals surface area contributed by atoms with Crippen molar-refractivity contribution in [3.05, 3.63) is 0 Å². The molecule has 0 amide bonds. The third-order valence-corrected chi connectivity index (χ3v) is 2.37. The molecule has 1 rings (SSSR count). The molecule has 2 nitrogen and oxygen atoms in total. The van der Waals surface area contributed by atoms with Crippen molar-refractivity contribution in [2.75, 3.05) is 13.1 Å². The monoisotopic (exact) mass is 245 g/mol. The van der Waals surface area contributed by atoms with Crippen molar-refractivity contribution >= 4 is 0 Å². The third kappa shape index (κ3) is 25.9. The van der Waals surface area contributed by atoms with Crippen LogP contribution in [0.5, 0.6) is 0 Å². The van der Waals surface area contributed by atoms with Crippen molar-refractivity contribution in [1.29, 1.82) is 0 Å². The molecule has 0 spiro atoms. The molecule has 106 valence electrons. The van der Waals surface area contributed by atoms with E-state index in [1.54, 1.807) is 6.92 Å². The molecule has 0 saturated heterocycles. The summed E-state index contributed by atoms with van der Waals surface area (Å²) in [6, 6.07) is 0. The molecule has 1 aliphatic rings. The van der Waals surface area contributed by atoms with E-state index in [9.17, 15) is 0 Å². The molecule has 17 heavy (non-hydrogen) atoms. The molecule has 0 radical (unpaired) electrons. The Morgan fingerprint density at radius 1 is 0.941 bits per heavy atom. The molecule has 0 aliphatic heterocycles. The summed E-state index contributed by atoms with van der Waals surface area (Å²) in [5.41, 5.74) is 0. The first-order valence-corrected chi connectivity index (χ1v) is 7.57.